The summed E-state index contributed by atoms with van der Waals surface area (Å²) in [5.41, 5.74) is 0.890. The quantitative estimate of drug-likeness (QED) is 0.815. The maximum absolute atomic E-state index is 14.6. The van der Waals surface area contributed by atoms with Gasteiger partial charge in [-0.15, -0.1) is 5.10 Å². The second kappa shape index (κ2) is 6.62. The maximum Gasteiger partial charge on any atom is 0.414 e. The summed E-state index contributed by atoms with van der Waals surface area (Å²) in [5, 5.41) is 13.5. The number of likely N-dealkylation sites (N-methyl/N-ethyl adjacent to an activating group) is 1. The first-order valence-corrected chi connectivity index (χ1v) is 8.24. The van der Waals surface area contributed by atoms with Gasteiger partial charge in [0.25, 0.3) is 0 Å². The van der Waals surface area contributed by atoms with E-state index in [-0.39, 0.29) is 6.10 Å². The van der Waals surface area contributed by atoms with Crippen molar-refractivity contribution in [3.8, 4) is 0 Å². The van der Waals surface area contributed by atoms with Gasteiger partial charge in [-0.2, -0.15) is 5.10 Å². The minimum Gasteiger partial charge on any atom is -0.442 e. The Morgan fingerprint density at radius 3 is 2.92 bits per heavy atom. The Kier molecular flexibility index (Phi) is 4.15. The Hall–Kier alpha value is -3.17. The molecule has 0 saturated carbocycles. The van der Waals surface area contributed by atoms with Crippen molar-refractivity contribution in [1.29, 1.82) is 0 Å². The molecule has 26 heavy (non-hydrogen) atoms. The molecule has 4 rings (SSSR count). The van der Waals surface area contributed by atoms with Crippen LogP contribution in [0.4, 0.5) is 20.6 Å². The van der Waals surface area contributed by atoms with Gasteiger partial charge in [0.05, 0.1) is 37.2 Å². The number of benzene rings is 1. The summed E-state index contributed by atoms with van der Waals surface area (Å²) in [5.74, 6) is -0.411. The standard InChI is InChI=1S/C16H18FN7O2/c1-21-6-7-22(11-19-21)15-3-2-12(8-14(15)17)24-10-13(26-16(24)25)9-23-5-4-18-20-23/h2-5,8,11,13H,6-7,9-10H2,1H3/t13-/m0/s1. The zero-order valence-electron chi connectivity index (χ0n) is 14.2. The van der Waals surface area contributed by atoms with E-state index in [1.807, 2.05) is 7.05 Å². The van der Waals surface area contributed by atoms with Crippen LogP contribution in [0.5, 0.6) is 0 Å². The molecular weight excluding hydrogens is 341 g/mol. The van der Waals surface area contributed by atoms with Crippen LogP contribution in [-0.4, -0.2) is 65.2 Å². The van der Waals surface area contributed by atoms with Crippen molar-refractivity contribution >= 4 is 23.8 Å². The van der Waals surface area contributed by atoms with E-state index in [0.717, 1.165) is 0 Å². The molecule has 0 bridgehead atoms. The fourth-order valence-electron chi connectivity index (χ4n) is 2.96. The van der Waals surface area contributed by atoms with E-state index in [0.29, 0.717) is 37.6 Å². The van der Waals surface area contributed by atoms with E-state index in [9.17, 15) is 9.18 Å². The molecule has 1 atom stereocenters. The maximum atomic E-state index is 14.6. The molecule has 2 aromatic rings. The molecule has 0 N–H and O–H groups in total. The molecule has 2 aliphatic rings. The third-order valence-corrected chi connectivity index (χ3v) is 4.34. The zero-order chi connectivity index (χ0) is 18.1. The van der Waals surface area contributed by atoms with Crippen LogP contribution in [0.2, 0.25) is 0 Å². The Balaban J connectivity index is 1.48. The molecular formula is C16H18FN7O2. The first-order valence-electron chi connectivity index (χ1n) is 8.24. The number of rotatable bonds is 4. The predicted molar refractivity (Wildman–Crippen MR) is 92.5 cm³/mol. The number of carbonyl (C=O) groups excluding carboxylic acids is 1. The molecule has 1 aromatic heterocycles. The highest BCUT2D eigenvalue weighted by atomic mass is 19.1. The van der Waals surface area contributed by atoms with Gasteiger partial charge in [0.15, 0.2) is 0 Å². The van der Waals surface area contributed by atoms with E-state index >= 15 is 0 Å². The van der Waals surface area contributed by atoms with Crippen molar-refractivity contribution in [2.24, 2.45) is 5.10 Å². The van der Waals surface area contributed by atoms with E-state index in [1.165, 1.54) is 11.0 Å². The number of amides is 1. The third-order valence-electron chi connectivity index (χ3n) is 4.34. The third kappa shape index (κ3) is 3.17. The van der Waals surface area contributed by atoms with E-state index in [1.54, 1.807) is 45.5 Å². The van der Waals surface area contributed by atoms with Gasteiger partial charge < -0.3 is 9.64 Å². The molecule has 1 amide bonds. The molecule has 1 saturated heterocycles. The molecule has 0 radical (unpaired) electrons. The minimum atomic E-state index is -0.497. The average molecular weight is 359 g/mol. The molecule has 136 valence electrons. The summed E-state index contributed by atoms with van der Waals surface area (Å²) in [6, 6.07) is 4.71. The number of aromatic nitrogens is 3. The Morgan fingerprint density at radius 2 is 2.23 bits per heavy atom. The molecule has 0 spiro atoms. The molecule has 3 heterocycles. The molecule has 1 fully saturated rings. The summed E-state index contributed by atoms with van der Waals surface area (Å²) in [6.45, 7) is 2.08. The van der Waals surface area contributed by atoms with Crippen LogP contribution in [0.3, 0.4) is 0 Å². The van der Waals surface area contributed by atoms with Gasteiger partial charge in [-0.3, -0.25) is 9.91 Å². The van der Waals surface area contributed by atoms with Gasteiger partial charge in [-0.05, 0) is 18.2 Å². The van der Waals surface area contributed by atoms with Crippen LogP contribution < -0.4 is 9.80 Å². The summed E-state index contributed by atoms with van der Waals surface area (Å²) in [4.78, 5) is 15.3. The van der Waals surface area contributed by atoms with Crippen LogP contribution in [0, 0.1) is 5.82 Å². The lowest BCUT2D eigenvalue weighted by atomic mass is 10.2. The van der Waals surface area contributed by atoms with Crippen LogP contribution >= 0.6 is 0 Å². The summed E-state index contributed by atoms with van der Waals surface area (Å²) in [6.07, 6.45) is 3.99. The minimum absolute atomic E-state index is 0.327. The highest BCUT2D eigenvalue weighted by Crippen LogP contribution is 2.28. The average Bonchev–Trinajstić information content (AvgIpc) is 3.26. The molecule has 10 heteroatoms. The van der Waals surface area contributed by atoms with Gasteiger partial charge in [-0.1, -0.05) is 5.21 Å². The molecule has 2 aliphatic heterocycles. The smallest absolute Gasteiger partial charge is 0.414 e. The van der Waals surface area contributed by atoms with Crippen LogP contribution in [0.15, 0.2) is 35.7 Å². The second-order valence-corrected chi connectivity index (χ2v) is 6.18. The van der Waals surface area contributed by atoms with Crippen molar-refractivity contribution in [2.75, 3.05) is 36.5 Å². The number of ether oxygens (including phenoxy) is 1. The van der Waals surface area contributed by atoms with Gasteiger partial charge in [0.2, 0.25) is 0 Å². The Bertz CT molecular complexity index is 826. The van der Waals surface area contributed by atoms with Crippen molar-refractivity contribution in [1.82, 2.24) is 20.0 Å². The number of cyclic esters (lactones) is 1. The Morgan fingerprint density at radius 1 is 1.35 bits per heavy atom. The van der Waals surface area contributed by atoms with E-state index < -0.39 is 11.9 Å². The van der Waals surface area contributed by atoms with Crippen molar-refractivity contribution < 1.29 is 13.9 Å². The lowest BCUT2D eigenvalue weighted by Gasteiger charge is -2.28. The number of carbonyl (C=O) groups is 1. The van der Waals surface area contributed by atoms with E-state index in [4.69, 9.17) is 4.74 Å². The van der Waals surface area contributed by atoms with Gasteiger partial charge in [-0.25, -0.2) is 13.9 Å². The first kappa shape index (κ1) is 16.3. The number of hydrogen-bond acceptors (Lipinski definition) is 7. The highest BCUT2D eigenvalue weighted by molar-refractivity contribution is 5.90. The predicted octanol–water partition coefficient (Wildman–Crippen LogP) is 1.14. The number of nitrogens with zero attached hydrogens (tertiary/aromatic N) is 7. The second-order valence-electron chi connectivity index (χ2n) is 6.18. The lowest BCUT2D eigenvalue weighted by Crippen LogP contribution is -2.36. The first-order chi connectivity index (χ1) is 12.6. The summed E-state index contributed by atoms with van der Waals surface area (Å²) in [7, 11) is 1.86. The molecule has 1 aromatic carbocycles. The Labute approximate surface area is 149 Å². The van der Waals surface area contributed by atoms with Crippen molar-refractivity contribution in [3.05, 3.63) is 36.4 Å². The van der Waals surface area contributed by atoms with Crippen LogP contribution in [0.1, 0.15) is 0 Å². The fraction of sp³-hybridized carbons (Fsp3) is 0.375. The van der Waals surface area contributed by atoms with Gasteiger partial charge in [0.1, 0.15) is 18.3 Å². The SMILES string of the molecule is CN1CCN(c2ccc(N3C[C@H](Cn4ccnn4)OC3=O)cc2F)C=N1. The summed E-state index contributed by atoms with van der Waals surface area (Å²) < 4.78 is 21.5. The number of halogens is 1. The monoisotopic (exact) mass is 359 g/mol. The van der Waals surface area contributed by atoms with E-state index in [2.05, 4.69) is 15.4 Å². The van der Waals surface area contributed by atoms with Gasteiger partial charge in [0, 0.05) is 19.8 Å². The van der Waals surface area contributed by atoms with Crippen LogP contribution in [0.25, 0.3) is 0 Å². The van der Waals surface area contributed by atoms with Crippen molar-refractivity contribution in [3.63, 3.8) is 0 Å². The largest absolute Gasteiger partial charge is 0.442 e. The topological polar surface area (TPSA) is 79.1 Å². The normalized spacial score (nSPS) is 20.0. The van der Waals surface area contributed by atoms with Gasteiger partial charge >= 0.3 is 6.09 Å². The fourth-order valence-corrected chi connectivity index (χ4v) is 2.96. The molecule has 0 aliphatic carbocycles. The summed E-state index contributed by atoms with van der Waals surface area (Å²) >= 11 is 0. The highest BCUT2D eigenvalue weighted by Gasteiger charge is 2.33. The molecule has 9 nitrogen and oxygen atoms in total. The van der Waals surface area contributed by atoms with Crippen LogP contribution in [-0.2, 0) is 11.3 Å². The number of hydrazone groups is 1. The number of hydrogen-bond donors (Lipinski definition) is 0. The zero-order valence-corrected chi connectivity index (χ0v) is 14.2. The number of anilines is 2. The lowest BCUT2D eigenvalue weighted by molar-refractivity contribution is 0.129. The molecule has 0 unspecified atom stereocenters. The van der Waals surface area contributed by atoms with Crippen molar-refractivity contribution in [2.45, 2.75) is 12.6 Å².